The maximum absolute atomic E-state index is 12.3. The first-order chi connectivity index (χ1) is 12.8. The summed E-state index contributed by atoms with van der Waals surface area (Å²) in [6, 6.07) is 8.64. The van der Waals surface area contributed by atoms with Gasteiger partial charge in [0, 0.05) is 42.1 Å². The summed E-state index contributed by atoms with van der Waals surface area (Å²) in [4.78, 5) is 24.1. The van der Waals surface area contributed by atoms with Crippen molar-refractivity contribution >= 4 is 22.8 Å². The Hall–Kier alpha value is -2.89. The number of fused-ring (bicyclic) bond motifs is 1. The zero-order valence-corrected chi connectivity index (χ0v) is 14.7. The number of hydrogen-bond acceptors (Lipinski definition) is 4. The van der Waals surface area contributed by atoms with Crippen molar-refractivity contribution in [2.75, 3.05) is 11.9 Å². The first-order valence-electron chi connectivity index (χ1n) is 9.21. The first-order valence-corrected chi connectivity index (χ1v) is 9.21. The van der Waals surface area contributed by atoms with Gasteiger partial charge >= 0.3 is 0 Å². The second kappa shape index (κ2) is 7.56. The van der Waals surface area contributed by atoms with Gasteiger partial charge < -0.3 is 15.6 Å². The summed E-state index contributed by atoms with van der Waals surface area (Å²) < 4.78 is 0. The Bertz CT molecular complexity index is 881. The fraction of sp³-hybridized carbons (Fsp3) is 0.350. The Morgan fingerprint density at radius 1 is 1.15 bits per heavy atom. The van der Waals surface area contributed by atoms with Gasteiger partial charge in [-0.25, -0.2) is 9.97 Å². The molecule has 0 radical (unpaired) electrons. The standard InChI is InChI=1S/C20H23N5O/c26-19(15-12-23-20(24-13-15)25-16-5-1-2-6-16)21-10-9-14-11-22-18-8-4-3-7-17(14)18/h3-4,7-8,11-13,16,22H,1-2,5-6,9-10H2,(H,21,26)(H,23,24,25). The largest absolute Gasteiger partial charge is 0.361 e. The number of aromatic amines is 1. The van der Waals surface area contributed by atoms with Crippen molar-refractivity contribution < 1.29 is 4.79 Å². The minimum atomic E-state index is -0.141. The van der Waals surface area contributed by atoms with Crippen LogP contribution in [0.2, 0.25) is 0 Å². The van der Waals surface area contributed by atoms with Crippen molar-refractivity contribution in [2.45, 2.75) is 38.1 Å². The van der Waals surface area contributed by atoms with Crippen LogP contribution in [0, 0.1) is 0 Å². The predicted molar refractivity (Wildman–Crippen MR) is 102 cm³/mol. The molecule has 2 aromatic heterocycles. The second-order valence-corrected chi connectivity index (χ2v) is 6.79. The first kappa shape index (κ1) is 16.6. The Labute approximate surface area is 152 Å². The summed E-state index contributed by atoms with van der Waals surface area (Å²) in [5.41, 5.74) is 2.81. The van der Waals surface area contributed by atoms with Crippen LogP contribution < -0.4 is 10.6 Å². The summed E-state index contributed by atoms with van der Waals surface area (Å²) in [6.07, 6.45) is 10.8. The molecule has 6 heteroatoms. The average Bonchev–Trinajstić information content (AvgIpc) is 3.32. The number of amides is 1. The second-order valence-electron chi connectivity index (χ2n) is 6.79. The van der Waals surface area contributed by atoms with Crippen LogP contribution in [-0.2, 0) is 6.42 Å². The number of rotatable bonds is 6. The molecule has 1 fully saturated rings. The van der Waals surface area contributed by atoms with Crippen LogP contribution in [0.25, 0.3) is 10.9 Å². The molecule has 1 aromatic carbocycles. The quantitative estimate of drug-likeness (QED) is 0.638. The van der Waals surface area contributed by atoms with Crippen LogP contribution in [0.3, 0.4) is 0 Å². The number of H-pyrrole nitrogens is 1. The number of carbonyl (C=O) groups excluding carboxylic acids is 1. The van der Waals surface area contributed by atoms with E-state index >= 15 is 0 Å². The molecule has 3 N–H and O–H groups in total. The molecule has 0 spiro atoms. The minimum Gasteiger partial charge on any atom is -0.361 e. The molecule has 134 valence electrons. The molecule has 0 unspecified atom stereocenters. The van der Waals surface area contributed by atoms with E-state index in [-0.39, 0.29) is 5.91 Å². The van der Waals surface area contributed by atoms with Crippen LogP contribution in [0.15, 0.2) is 42.9 Å². The van der Waals surface area contributed by atoms with Gasteiger partial charge in [-0.2, -0.15) is 0 Å². The van der Waals surface area contributed by atoms with Gasteiger partial charge in [0.05, 0.1) is 5.56 Å². The molecule has 1 amide bonds. The molecule has 6 nitrogen and oxygen atoms in total. The highest BCUT2D eigenvalue weighted by molar-refractivity contribution is 5.93. The maximum Gasteiger partial charge on any atom is 0.254 e. The molecule has 0 aliphatic heterocycles. The molecular formula is C20H23N5O. The smallest absolute Gasteiger partial charge is 0.254 e. The molecule has 0 atom stereocenters. The molecule has 1 aliphatic carbocycles. The lowest BCUT2D eigenvalue weighted by Gasteiger charge is -2.11. The van der Waals surface area contributed by atoms with E-state index in [1.807, 2.05) is 18.3 Å². The Morgan fingerprint density at radius 2 is 1.92 bits per heavy atom. The molecule has 1 aliphatic rings. The highest BCUT2D eigenvalue weighted by atomic mass is 16.1. The lowest BCUT2D eigenvalue weighted by Crippen LogP contribution is -2.26. The van der Waals surface area contributed by atoms with Gasteiger partial charge in [-0.1, -0.05) is 31.0 Å². The van der Waals surface area contributed by atoms with Crippen molar-refractivity contribution in [3.8, 4) is 0 Å². The third kappa shape index (κ3) is 3.69. The van der Waals surface area contributed by atoms with Gasteiger partial charge in [-0.3, -0.25) is 4.79 Å². The monoisotopic (exact) mass is 349 g/mol. The molecule has 2 heterocycles. The number of nitrogens with one attached hydrogen (secondary N) is 3. The summed E-state index contributed by atoms with van der Waals surface area (Å²) in [5.74, 6) is 0.463. The van der Waals surface area contributed by atoms with E-state index in [4.69, 9.17) is 0 Å². The Morgan fingerprint density at radius 3 is 2.73 bits per heavy atom. The van der Waals surface area contributed by atoms with Crippen LogP contribution in [-0.4, -0.2) is 33.4 Å². The van der Waals surface area contributed by atoms with Gasteiger partial charge in [-0.05, 0) is 30.9 Å². The Kier molecular flexibility index (Phi) is 4.82. The topological polar surface area (TPSA) is 82.7 Å². The van der Waals surface area contributed by atoms with Gasteiger partial charge in [0.25, 0.3) is 5.91 Å². The fourth-order valence-corrected chi connectivity index (χ4v) is 3.52. The number of aromatic nitrogens is 3. The zero-order chi connectivity index (χ0) is 17.8. The number of benzene rings is 1. The number of para-hydroxylation sites is 1. The summed E-state index contributed by atoms with van der Waals surface area (Å²) >= 11 is 0. The van der Waals surface area contributed by atoms with Gasteiger partial charge in [0.1, 0.15) is 0 Å². The van der Waals surface area contributed by atoms with E-state index in [0.717, 1.165) is 11.9 Å². The van der Waals surface area contributed by atoms with Crippen molar-refractivity contribution in [2.24, 2.45) is 0 Å². The third-order valence-corrected chi connectivity index (χ3v) is 4.96. The number of anilines is 1. The van der Waals surface area contributed by atoms with E-state index in [1.54, 1.807) is 12.4 Å². The molecule has 0 saturated heterocycles. The van der Waals surface area contributed by atoms with E-state index in [9.17, 15) is 4.79 Å². The molecule has 0 bridgehead atoms. The van der Waals surface area contributed by atoms with Gasteiger partial charge in [0.15, 0.2) is 0 Å². The lowest BCUT2D eigenvalue weighted by atomic mass is 10.1. The van der Waals surface area contributed by atoms with Crippen molar-refractivity contribution in [3.05, 3.63) is 54.0 Å². The van der Waals surface area contributed by atoms with Crippen LogP contribution in [0.4, 0.5) is 5.95 Å². The van der Waals surface area contributed by atoms with E-state index in [0.29, 0.717) is 24.1 Å². The molecule has 4 rings (SSSR count). The van der Waals surface area contributed by atoms with Crippen LogP contribution in [0.5, 0.6) is 0 Å². The lowest BCUT2D eigenvalue weighted by molar-refractivity contribution is 0.0953. The summed E-state index contributed by atoms with van der Waals surface area (Å²) in [6.45, 7) is 0.572. The van der Waals surface area contributed by atoms with Crippen LogP contribution in [0.1, 0.15) is 41.6 Å². The molecular weight excluding hydrogens is 326 g/mol. The maximum atomic E-state index is 12.3. The normalized spacial score (nSPS) is 14.6. The highest BCUT2D eigenvalue weighted by Crippen LogP contribution is 2.20. The van der Waals surface area contributed by atoms with Crippen LogP contribution >= 0.6 is 0 Å². The van der Waals surface area contributed by atoms with Gasteiger partial charge in [-0.15, -0.1) is 0 Å². The van der Waals surface area contributed by atoms with Gasteiger partial charge in [0.2, 0.25) is 5.95 Å². The van der Waals surface area contributed by atoms with E-state index in [1.165, 1.54) is 36.6 Å². The number of hydrogen-bond donors (Lipinski definition) is 3. The van der Waals surface area contributed by atoms with Crippen molar-refractivity contribution in [1.82, 2.24) is 20.3 Å². The molecule has 1 saturated carbocycles. The number of carbonyl (C=O) groups is 1. The van der Waals surface area contributed by atoms with Crippen molar-refractivity contribution in [3.63, 3.8) is 0 Å². The zero-order valence-electron chi connectivity index (χ0n) is 14.7. The van der Waals surface area contributed by atoms with Crippen molar-refractivity contribution in [1.29, 1.82) is 0 Å². The molecule has 3 aromatic rings. The van der Waals surface area contributed by atoms with E-state index in [2.05, 4.69) is 37.7 Å². The highest BCUT2D eigenvalue weighted by Gasteiger charge is 2.16. The minimum absolute atomic E-state index is 0.141. The molecule has 26 heavy (non-hydrogen) atoms. The Balaban J connectivity index is 1.30. The summed E-state index contributed by atoms with van der Waals surface area (Å²) in [7, 11) is 0. The van der Waals surface area contributed by atoms with E-state index < -0.39 is 0 Å². The third-order valence-electron chi connectivity index (χ3n) is 4.96. The average molecular weight is 349 g/mol. The predicted octanol–water partition coefficient (Wildman–Crippen LogP) is 3.28. The number of nitrogens with zero attached hydrogens (tertiary/aromatic N) is 2. The SMILES string of the molecule is O=C(NCCc1c[nH]c2ccccc12)c1cnc(NC2CCCC2)nc1. The summed E-state index contributed by atoms with van der Waals surface area (Å²) in [5, 5.41) is 7.47. The fourth-order valence-electron chi connectivity index (χ4n) is 3.52.